The predicted molar refractivity (Wildman–Crippen MR) is 67.3 cm³/mol. The molecular weight excluding hydrogens is 236 g/mol. The van der Waals surface area contributed by atoms with E-state index in [1.165, 1.54) is 0 Å². The number of aromatic amines is 1. The first-order chi connectivity index (χ1) is 8.74. The van der Waals surface area contributed by atoms with Crippen molar-refractivity contribution in [1.29, 1.82) is 0 Å². The van der Waals surface area contributed by atoms with Crippen molar-refractivity contribution < 1.29 is 9.47 Å². The molecule has 0 saturated carbocycles. The largest absolute Gasteiger partial charge is 0.382 e. The fourth-order valence-corrected chi connectivity index (χ4v) is 1.59. The standard InChI is InChI=1S/C10H16N6O2/c1-17-5-6(18-2)3-12-8-7-4-13-16-9(7)15-10(11)14-8/h4,6H,3,5H2,1-2H3,(H4,11,12,13,14,15,16). The molecular formula is C10H16N6O2. The maximum atomic E-state index is 5.62. The van der Waals surface area contributed by atoms with Crippen LogP contribution in [0.2, 0.25) is 0 Å². The molecule has 0 saturated heterocycles. The smallest absolute Gasteiger partial charge is 0.224 e. The number of rotatable bonds is 6. The number of fused-ring (bicyclic) bond motifs is 1. The number of hydrogen-bond donors (Lipinski definition) is 3. The molecule has 2 aromatic heterocycles. The molecule has 0 aromatic carbocycles. The number of H-pyrrole nitrogens is 1. The number of methoxy groups -OCH3 is 2. The Kier molecular flexibility index (Phi) is 3.90. The summed E-state index contributed by atoms with van der Waals surface area (Å²) in [5, 5.41) is 10.6. The molecule has 18 heavy (non-hydrogen) atoms. The van der Waals surface area contributed by atoms with Crippen LogP contribution >= 0.6 is 0 Å². The maximum Gasteiger partial charge on any atom is 0.224 e. The number of nitrogens with one attached hydrogen (secondary N) is 2. The van der Waals surface area contributed by atoms with Crippen molar-refractivity contribution in [1.82, 2.24) is 20.2 Å². The Morgan fingerprint density at radius 3 is 3.00 bits per heavy atom. The van der Waals surface area contributed by atoms with Crippen LogP contribution in [0.15, 0.2) is 6.20 Å². The van der Waals surface area contributed by atoms with Crippen LogP contribution < -0.4 is 11.1 Å². The van der Waals surface area contributed by atoms with Gasteiger partial charge in [-0.3, -0.25) is 5.10 Å². The molecule has 4 N–H and O–H groups in total. The molecule has 0 radical (unpaired) electrons. The third kappa shape index (κ3) is 2.66. The van der Waals surface area contributed by atoms with Crippen LogP contribution in [0.4, 0.5) is 11.8 Å². The third-order valence-electron chi connectivity index (χ3n) is 2.51. The van der Waals surface area contributed by atoms with Crippen molar-refractivity contribution in [3.8, 4) is 0 Å². The van der Waals surface area contributed by atoms with Gasteiger partial charge >= 0.3 is 0 Å². The van der Waals surface area contributed by atoms with Gasteiger partial charge in [-0.15, -0.1) is 0 Å². The lowest BCUT2D eigenvalue weighted by Crippen LogP contribution is -2.27. The predicted octanol–water partition coefficient (Wildman–Crippen LogP) is 0.00840. The Morgan fingerprint density at radius 2 is 2.28 bits per heavy atom. The first kappa shape index (κ1) is 12.5. The summed E-state index contributed by atoms with van der Waals surface area (Å²) in [5.41, 5.74) is 6.22. The molecule has 1 atom stereocenters. The van der Waals surface area contributed by atoms with Gasteiger partial charge in [0.2, 0.25) is 5.95 Å². The molecule has 0 amide bonds. The van der Waals surface area contributed by atoms with E-state index in [1.807, 2.05) is 0 Å². The molecule has 8 nitrogen and oxygen atoms in total. The van der Waals surface area contributed by atoms with E-state index in [0.717, 1.165) is 5.39 Å². The Hall–Kier alpha value is -1.93. The van der Waals surface area contributed by atoms with Gasteiger partial charge in [0.05, 0.1) is 24.3 Å². The Balaban J connectivity index is 2.13. The quantitative estimate of drug-likeness (QED) is 0.664. The van der Waals surface area contributed by atoms with Crippen molar-refractivity contribution in [2.45, 2.75) is 6.10 Å². The van der Waals surface area contributed by atoms with Gasteiger partial charge in [-0.05, 0) is 0 Å². The first-order valence-electron chi connectivity index (χ1n) is 5.46. The normalized spacial score (nSPS) is 12.8. The van der Waals surface area contributed by atoms with Crippen LogP contribution in [-0.4, -0.2) is 53.6 Å². The molecule has 2 heterocycles. The van der Waals surface area contributed by atoms with Crippen LogP contribution in [0, 0.1) is 0 Å². The summed E-state index contributed by atoms with van der Waals surface area (Å²) >= 11 is 0. The van der Waals surface area contributed by atoms with Crippen molar-refractivity contribution in [3.63, 3.8) is 0 Å². The molecule has 0 aliphatic rings. The van der Waals surface area contributed by atoms with E-state index >= 15 is 0 Å². The van der Waals surface area contributed by atoms with Crippen LogP contribution in [0.5, 0.6) is 0 Å². The van der Waals surface area contributed by atoms with Crippen molar-refractivity contribution >= 4 is 22.8 Å². The molecule has 0 fully saturated rings. The molecule has 2 rings (SSSR count). The van der Waals surface area contributed by atoms with Crippen LogP contribution in [0.3, 0.4) is 0 Å². The minimum atomic E-state index is -0.0619. The zero-order chi connectivity index (χ0) is 13.0. The van der Waals surface area contributed by atoms with Crippen LogP contribution in [0.25, 0.3) is 11.0 Å². The lowest BCUT2D eigenvalue weighted by Gasteiger charge is -2.15. The summed E-state index contributed by atoms with van der Waals surface area (Å²) in [7, 11) is 3.26. The SMILES string of the molecule is COCC(CNc1nc(N)nc2[nH]ncc12)OC. The summed E-state index contributed by atoms with van der Waals surface area (Å²) in [4.78, 5) is 8.17. The lowest BCUT2D eigenvalue weighted by atomic mass is 10.3. The maximum absolute atomic E-state index is 5.62. The van der Waals surface area contributed by atoms with E-state index in [4.69, 9.17) is 15.2 Å². The minimum Gasteiger partial charge on any atom is -0.382 e. The second-order valence-corrected chi connectivity index (χ2v) is 3.76. The van der Waals surface area contributed by atoms with E-state index in [9.17, 15) is 0 Å². The van der Waals surface area contributed by atoms with Crippen molar-refractivity contribution in [2.75, 3.05) is 38.4 Å². The number of nitrogen functional groups attached to an aromatic ring is 1. The summed E-state index contributed by atoms with van der Waals surface area (Å²) in [6, 6.07) is 0. The van der Waals surface area contributed by atoms with Crippen LogP contribution in [-0.2, 0) is 9.47 Å². The zero-order valence-electron chi connectivity index (χ0n) is 10.3. The average Bonchev–Trinajstić information content (AvgIpc) is 2.82. The molecule has 0 aliphatic heterocycles. The molecule has 0 aliphatic carbocycles. The highest BCUT2D eigenvalue weighted by Crippen LogP contribution is 2.18. The minimum absolute atomic E-state index is 0.0619. The Morgan fingerprint density at radius 1 is 1.44 bits per heavy atom. The van der Waals surface area contributed by atoms with Gasteiger partial charge in [-0.1, -0.05) is 0 Å². The molecule has 8 heteroatoms. The Bertz CT molecular complexity index is 514. The monoisotopic (exact) mass is 252 g/mol. The summed E-state index contributed by atoms with van der Waals surface area (Å²) in [6.07, 6.45) is 1.59. The molecule has 2 aromatic rings. The zero-order valence-corrected chi connectivity index (χ0v) is 10.3. The van der Waals surface area contributed by atoms with E-state index in [1.54, 1.807) is 20.4 Å². The van der Waals surface area contributed by atoms with Crippen molar-refractivity contribution in [2.24, 2.45) is 0 Å². The number of anilines is 2. The number of nitrogens with zero attached hydrogens (tertiary/aromatic N) is 3. The number of nitrogens with two attached hydrogens (primary N) is 1. The molecule has 1 unspecified atom stereocenters. The van der Waals surface area contributed by atoms with Crippen LogP contribution in [0.1, 0.15) is 0 Å². The van der Waals surface area contributed by atoms with E-state index in [2.05, 4.69) is 25.5 Å². The topological polar surface area (TPSA) is 111 Å². The first-order valence-corrected chi connectivity index (χ1v) is 5.46. The van der Waals surface area contributed by atoms with Gasteiger partial charge in [-0.25, -0.2) is 0 Å². The highest BCUT2D eigenvalue weighted by Gasteiger charge is 2.11. The van der Waals surface area contributed by atoms with E-state index < -0.39 is 0 Å². The molecule has 0 spiro atoms. The second kappa shape index (κ2) is 5.61. The summed E-state index contributed by atoms with van der Waals surface area (Å²) in [6.45, 7) is 1.06. The highest BCUT2D eigenvalue weighted by molar-refractivity contribution is 5.86. The lowest BCUT2D eigenvalue weighted by molar-refractivity contribution is 0.0365. The Labute approximate surface area is 104 Å². The fraction of sp³-hybridized carbons (Fsp3) is 0.500. The number of aromatic nitrogens is 4. The highest BCUT2D eigenvalue weighted by atomic mass is 16.5. The summed E-state index contributed by atoms with van der Waals surface area (Å²) < 4.78 is 10.3. The van der Waals surface area contributed by atoms with Gasteiger partial charge in [0.25, 0.3) is 0 Å². The average molecular weight is 252 g/mol. The number of ether oxygens (including phenoxy) is 2. The fourth-order valence-electron chi connectivity index (χ4n) is 1.59. The van der Waals surface area contributed by atoms with Gasteiger partial charge in [0, 0.05) is 20.8 Å². The molecule has 0 bridgehead atoms. The third-order valence-corrected chi connectivity index (χ3v) is 2.51. The summed E-state index contributed by atoms with van der Waals surface area (Å²) in [5.74, 6) is 0.819. The number of hydrogen-bond acceptors (Lipinski definition) is 7. The van der Waals surface area contributed by atoms with Gasteiger partial charge in [0.1, 0.15) is 5.82 Å². The molecule has 98 valence electrons. The van der Waals surface area contributed by atoms with Gasteiger partial charge in [0.15, 0.2) is 5.65 Å². The van der Waals surface area contributed by atoms with E-state index in [-0.39, 0.29) is 12.1 Å². The van der Waals surface area contributed by atoms with Crippen molar-refractivity contribution in [3.05, 3.63) is 6.20 Å². The van der Waals surface area contributed by atoms with Gasteiger partial charge in [-0.2, -0.15) is 15.1 Å². The van der Waals surface area contributed by atoms with E-state index in [0.29, 0.717) is 24.6 Å². The van der Waals surface area contributed by atoms with Gasteiger partial charge < -0.3 is 20.5 Å². The second-order valence-electron chi connectivity index (χ2n) is 3.76.